The van der Waals surface area contributed by atoms with Crippen LogP contribution < -0.4 is 5.32 Å². The van der Waals surface area contributed by atoms with Crippen LogP contribution in [0.4, 0.5) is 4.79 Å². The largest absolute Gasteiger partial charge is 0.389 e. The maximum Gasteiger partial charge on any atom is 0.317 e. The van der Waals surface area contributed by atoms with Crippen LogP contribution in [0.1, 0.15) is 25.6 Å². The van der Waals surface area contributed by atoms with Gasteiger partial charge >= 0.3 is 6.03 Å². The number of likely N-dealkylation sites (N-methyl/N-ethyl adjacent to an activating group) is 1. The maximum absolute atomic E-state index is 11.9. The molecule has 1 heterocycles. The predicted molar refractivity (Wildman–Crippen MR) is 75.0 cm³/mol. The number of thiophene rings is 1. The summed E-state index contributed by atoms with van der Waals surface area (Å²) in [5.41, 5.74) is -0.860. The van der Waals surface area contributed by atoms with Crippen molar-refractivity contribution in [1.29, 1.82) is 0 Å². The van der Waals surface area contributed by atoms with Crippen molar-refractivity contribution in [2.45, 2.75) is 32.8 Å². The number of carbonyl (C=O) groups is 1. The molecule has 0 aliphatic rings. The molecule has 2 N–H and O–H groups in total. The monoisotopic (exact) mass is 270 g/mol. The average Bonchev–Trinajstić information content (AvgIpc) is 2.77. The molecule has 1 aromatic heterocycles. The minimum atomic E-state index is -0.860. The number of nitrogens with one attached hydrogen (secondary N) is 1. The van der Waals surface area contributed by atoms with Gasteiger partial charge in [-0.25, -0.2) is 4.79 Å². The van der Waals surface area contributed by atoms with Crippen LogP contribution in [0.5, 0.6) is 0 Å². The summed E-state index contributed by atoms with van der Waals surface area (Å²) in [6, 6.07) is 3.95. The quantitative estimate of drug-likeness (QED) is 0.831. The standard InChI is InChI=1S/C13H22N2O2S/c1-4-15(10-13(2,3)17)12(16)14-8-7-11-6-5-9-18-11/h5-6,9,17H,4,7-8,10H2,1-3H3,(H,14,16). The van der Waals surface area contributed by atoms with Gasteiger partial charge in [-0.3, -0.25) is 0 Å². The molecule has 0 aliphatic heterocycles. The summed E-state index contributed by atoms with van der Waals surface area (Å²) in [4.78, 5) is 14.8. The highest BCUT2D eigenvalue weighted by atomic mass is 32.1. The Balaban J connectivity index is 2.33. The van der Waals surface area contributed by atoms with Crippen molar-refractivity contribution in [2.24, 2.45) is 0 Å². The molecule has 2 amide bonds. The van der Waals surface area contributed by atoms with Crippen LogP contribution in [-0.4, -0.2) is 41.3 Å². The van der Waals surface area contributed by atoms with Gasteiger partial charge in [-0.15, -0.1) is 11.3 Å². The predicted octanol–water partition coefficient (Wildman–Crippen LogP) is 2.09. The van der Waals surface area contributed by atoms with Gasteiger partial charge in [0.05, 0.1) is 12.1 Å². The van der Waals surface area contributed by atoms with E-state index in [0.29, 0.717) is 19.6 Å². The molecule has 0 fully saturated rings. The van der Waals surface area contributed by atoms with E-state index in [0.717, 1.165) is 6.42 Å². The third-order valence-corrected chi connectivity index (χ3v) is 3.41. The third kappa shape index (κ3) is 5.51. The van der Waals surface area contributed by atoms with Crippen molar-refractivity contribution in [3.05, 3.63) is 22.4 Å². The van der Waals surface area contributed by atoms with Gasteiger partial charge in [0.2, 0.25) is 0 Å². The molecule has 0 aromatic carbocycles. The van der Waals surface area contributed by atoms with E-state index in [1.807, 2.05) is 18.4 Å². The number of urea groups is 1. The van der Waals surface area contributed by atoms with Crippen molar-refractivity contribution in [1.82, 2.24) is 10.2 Å². The number of hydrogen-bond donors (Lipinski definition) is 2. The van der Waals surface area contributed by atoms with Crippen LogP contribution in [0.25, 0.3) is 0 Å². The number of carbonyl (C=O) groups excluding carboxylic acids is 1. The molecular weight excluding hydrogens is 248 g/mol. The van der Waals surface area contributed by atoms with Crippen molar-refractivity contribution in [3.8, 4) is 0 Å². The van der Waals surface area contributed by atoms with Crippen LogP contribution in [0.3, 0.4) is 0 Å². The number of hydrogen-bond acceptors (Lipinski definition) is 3. The molecule has 0 atom stereocenters. The fourth-order valence-electron chi connectivity index (χ4n) is 1.65. The van der Waals surface area contributed by atoms with Gasteiger partial charge in [-0.05, 0) is 38.6 Å². The Bertz CT molecular complexity index is 358. The molecule has 0 spiro atoms. The highest BCUT2D eigenvalue weighted by Gasteiger charge is 2.20. The minimum absolute atomic E-state index is 0.115. The topological polar surface area (TPSA) is 52.6 Å². The third-order valence-electron chi connectivity index (χ3n) is 2.47. The van der Waals surface area contributed by atoms with Gasteiger partial charge in [-0.1, -0.05) is 6.07 Å². The Labute approximate surface area is 113 Å². The van der Waals surface area contributed by atoms with Crippen LogP contribution in [0.2, 0.25) is 0 Å². The highest BCUT2D eigenvalue weighted by Crippen LogP contribution is 2.08. The number of rotatable bonds is 6. The summed E-state index contributed by atoms with van der Waals surface area (Å²) in [7, 11) is 0. The van der Waals surface area contributed by atoms with Crippen LogP contribution >= 0.6 is 11.3 Å². The normalized spacial score (nSPS) is 11.3. The first-order valence-corrected chi connectivity index (χ1v) is 7.08. The van der Waals surface area contributed by atoms with Gasteiger partial charge in [0, 0.05) is 18.0 Å². The fourth-order valence-corrected chi connectivity index (χ4v) is 2.36. The van der Waals surface area contributed by atoms with E-state index in [2.05, 4.69) is 11.4 Å². The Morgan fingerprint density at radius 3 is 2.78 bits per heavy atom. The second-order valence-electron chi connectivity index (χ2n) is 4.89. The molecule has 1 rings (SSSR count). The zero-order chi connectivity index (χ0) is 13.6. The summed E-state index contributed by atoms with van der Waals surface area (Å²) < 4.78 is 0. The fraction of sp³-hybridized carbons (Fsp3) is 0.615. The molecule has 1 aromatic rings. The molecule has 18 heavy (non-hydrogen) atoms. The molecule has 102 valence electrons. The van der Waals surface area contributed by atoms with E-state index in [1.54, 1.807) is 30.1 Å². The Kier molecular flexibility index (Phi) is 5.62. The molecule has 0 saturated carbocycles. The summed E-state index contributed by atoms with van der Waals surface area (Å²) in [6.07, 6.45) is 0.851. The summed E-state index contributed by atoms with van der Waals surface area (Å²) >= 11 is 1.69. The Morgan fingerprint density at radius 2 is 2.28 bits per heavy atom. The lowest BCUT2D eigenvalue weighted by Gasteiger charge is -2.28. The van der Waals surface area contributed by atoms with Gasteiger partial charge < -0.3 is 15.3 Å². The summed E-state index contributed by atoms with van der Waals surface area (Å²) in [5, 5.41) is 14.6. The van der Waals surface area contributed by atoms with Crippen molar-refractivity contribution < 1.29 is 9.90 Å². The first kappa shape index (κ1) is 15.0. The zero-order valence-electron chi connectivity index (χ0n) is 11.3. The van der Waals surface area contributed by atoms with Gasteiger partial charge in [0.15, 0.2) is 0 Å². The SMILES string of the molecule is CCN(CC(C)(C)O)C(=O)NCCc1cccs1. The first-order chi connectivity index (χ1) is 8.42. The average molecular weight is 270 g/mol. The van der Waals surface area contributed by atoms with E-state index in [-0.39, 0.29) is 6.03 Å². The van der Waals surface area contributed by atoms with Gasteiger partial charge in [-0.2, -0.15) is 0 Å². The lowest BCUT2D eigenvalue weighted by Crippen LogP contribution is -2.47. The molecule has 0 aliphatic carbocycles. The second-order valence-corrected chi connectivity index (χ2v) is 5.92. The number of aliphatic hydroxyl groups is 1. The van der Waals surface area contributed by atoms with E-state index in [9.17, 15) is 9.90 Å². The van der Waals surface area contributed by atoms with E-state index < -0.39 is 5.60 Å². The van der Waals surface area contributed by atoms with Crippen molar-refractivity contribution in [3.63, 3.8) is 0 Å². The van der Waals surface area contributed by atoms with Crippen LogP contribution in [0.15, 0.2) is 17.5 Å². The van der Waals surface area contributed by atoms with Crippen molar-refractivity contribution in [2.75, 3.05) is 19.6 Å². The molecule has 0 unspecified atom stereocenters. The summed E-state index contributed by atoms with van der Waals surface area (Å²) in [5.74, 6) is 0. The number of amides is 2. The molecule has 0 saturated heterocycles. The van der Waals surface area contributed by atoms with Gasteiger partial charge in [0.25, 0.3) is 0 Å². The lowest BCUT2D eigenvalue weighted by molar-refractivity contribution is 0.0480. The molecular formula is C13H22N2O2S. The Morgan fingerprint density at radius 1 is 1.56 bits per heavy atom. The van der Waals surface area contributed by atoms with E-state index in [4.69, 9.17) is 0 Å². The van der Waals surface area contributed by atoms with E-state index >= 15 is 0 Å². The second kappa shape index (κ2) is 6.75. The van der Waals surface area contributed by atoms with Gasteiger partial charge in [0.1, 0.15) is 0 Å². The highest BCUT2D eigenvalue weighted by molar-refractivity contribution is 7.09. The smallest absolute Gasteiger partial charge is 0.317 e. The lowest BCUT2D eigenvalue weighted by atomic mass is 10.1. The molecule has 0 radical (unpaired) electrons. The Hall–Kier alpha value is -1.07. The van der Waals surface area contributed by atoms with Crippen molar-refractivity contribution >= 4 is 17.4 Å². The van der Waals surface area contributed by atoms with Crippen LogP contribution in [0, 0.1) is 0 Å². The molecule has 4 nitrogen and oxygen atoms in total. The molecule has 5 heteroatoms. The van der Waals surface area contributed by atoms with E-state index in [1.165, 1.54) is 4.88 Å². The summed E-state index contributed by atoms with van der Waals surface area (Å²) in [6.45, 7) is 6.87. The minimum Gasteiger partial charge on any atom is -0.389 e. The zero-order valence-corrected chi connectivity index (χ0v) is 12.1. The molecule has 0 bridgehead atoms. The number of nitrogens with zero attached hydrogens (tertiary/aromatic N) is 1. The van der Waals surface area contributed by atoms with Crippen LogP contribution in [-0.2, 0) is 6.42 Å². The first-order valence-electron chi connectivity index (χ1n) is 6.20. The maximum atomic E-state index is 11.9.